The lowest BCUT2D eigenvalue weighted by Gasteiger charge is -2.06. The third-order valence-corrected chi connectivity index (χ3v) is 4.07. The molecule has 4 aromatic heterocycles. The molecule has 0 amide bonds. The fraction of sp³-hybridized carbons (Fsp3) is 0.0588. The van der Waals surface area contributed by atoms with Gasteiger partial charge in [0.15, 0.2) is 5.82 Å². The van der Waals surface area contributed by atoms with Crippen molar-refractivity contribution in [1.29, 1.82) is 0 Å². The Morgan fingerprint density at radius 1 is 1.15 bits per heavy atom. The van der Waals surface area contributed by atoms with E-state index in [1.165, 1.54) is 12.3 Å². The molecule has 0 radical (unpaired) electrons. The maximum absolute atomic E-state index is 14.1. The number of aromatic nitrogens is 8. The molecule has 0 spiro atoms. The van der Waals surface area contributed by atoms with Gasteiger partial charge in [-0.15, -0.1) is 5.10 Å². The number of hydrogen-bond acceptors (Lipinski definition) is 7. The minimum absolute atomic E-state index is 0.223. The second-order valence-electron chi connectivity index (χ2n) is 5.79. The zero-order valence-corrected chi connectivity index (χ0v) is 13.7. The molecule has 0 saturated heterocycles. The predicted molar refractivity (Wildman–Crippen MR) is 91.7 cm³/mol. The van der Waals surface area contributed by atoms with Gasteiger partial charge in [0.2, 0.25) is 5.65 Å². The van der Waals surface area contributed by atoms with E-state index in [4.69, 9.17) is 4.52 Å². The Kier molecular flexibility index (Phi) is 3.46. The van der Waals surface area contributed by atoms with Gasteiger partial charge in [-0.05, 0) is 12.1 Å². The summed E-state index contributed by atoms with van der Waals surface area (Å²) in [6, 6.07) is 10.0. The summed E-state index contributed by atoms with van der Waals surface area (Å²) >= 11 is 0. The lowest BCUT2D eigenvalue weighted by Crippen LogP contribution is -2.06. The molecule has 0 aliphatic rings. The van der Waals surface area contributed by atoms with E-state index < -0.39 is 0 Å². The summed E-state index contributed by atoms with van der Waals surface area (Å²) in [5, 5.41) is 18.8. The number of hydrogen-bond donors (Lipinski definition) is 1. The minimum Gasteiger partial charge on any atom is -0.364 e. The molecule has 27 heavy (non-hydrogen) atoms. The molecule has 0 aliphatic heterocycles. The van der Waals surface area contributed by atoms with Gasteiger partial charge >= 0.3 is 0 Å². The highest BCUT2D eigenvalue weighted by Crippen LogP contribution is 2.25. The maximum Gasteiger partial charge on any atom is 0.205 e. The number of halogens is 1. The van der Waals surface area contributed by atoms with Crippen LogP contribution in [0, 0.1) is 5.82 Å². The van der Waals surface area contributed by atoms with Crippen LogP contribution in [0.25, 0.3) is 34.1 Å². The molecule has 1 N–H and O–H groups in total. The minimum atomic E-state index is -0.305. The van der Waals surface area contributed by atoms with E-state index in [0.29, 0.717) is 39.6 Å². The molecule has 5 rings (SSSR count). The molecular formula is C17H11FN8O. The van der Waals surface area contributed by atoms with E-state index in [1.54, 1.807) is 41.2 Å². The van der Waals surface area contributed by atoms with Crippen molar-refractivity contribution in [2.75, 3.05) is 0 Å². The molecule has 10 heteroatoms. The summed E-state index contributed by atoms with van der Waals surface area (Å²) < 4.78 is 20.7. The van der Waals surface area contributed by atoms with Gasteiger partial charge < -0.3 is 4.52 Å². The standard InChI is InChI=1S/C17H11FN8O/c18-11-4-2-1-3-10(11)9-26-15(12-5-6-27-24-12)7-13(23-26)16-19-8-14-17(20-16)22-25-21-14/h1-8H,9H2,(H,19,20,21,22,25). The molecule has 0 unspecified atom stereocenters. The van der Waals surface area contributed by atoms with Crippen LogP contribution in [0.1, 0.15) is 5.56 Å². The summed E-state index contributed by atoms with van der Waals surface area (Å²) in [4.78, 5) is 8.65. The third kappa shape index (κ3) is 2.72. The van der Waals surface area contributed by atoms with Crippen molar-refractivity contribution in [3.05, 3.63) is 60.2 Å². The topological polar surface area (TPSA) is 111 Å². The first-order valence-corrected chi connectivity index (χ1v) is 8.04. The Labute approximate surface area is 150 Å². The van der Waals surface area contributed by atoms with Crippen LogP contribution in [0.15, 0.2) is 53.4 Å². The number of nitrogens with zero attached hydrogens (tertiary/aromatic N) is 7. The molecule has 132 valence electrons. The Hall–Kier alpha value is -3.95. The van der Waals surface area contributed by atoms with Crippen LogP contribution >= 0.6 is 0 Å². The van der Waals surface area contributed by atoms with Crippen LogP contribution in [-0.4, -0.2) is 40.3 Å². The fourth-order valence-electron chi connectivity index (χ4n) is 2.76. The average Bonchev–Trinajstić information content (AvgIpc) is 3.43. The van der Waals surface area contributed by atoms with Crippen molar-refractivity contribution >= 4 is 11.2 Å². The first-order valence-electron chi connectivity index (χ1n) is 8.04. The zero-order chi connectivity index (χ0) is 18.2. The van der Waals surface area contributed by atoms with Gasteiger partial charge in [0.25, 0.3) is 0 Å². The van der Waals surface area contributed by atoms with Gasteiger partial charge in [0, 0.05) is 11.6 Å². The fourth-order valence-corrected chi connectivity index (χ4v) is 2.76. The van der Waals surface area contributed by atoms with Crippen LogP contribution in [0.2, 0.25) is 0 Å². The normalized spacial score (nSPS) is 11.3. The zero-order valence-electron chi connectivity index (χ0n) is 13.7. The second kappa shape index (κ2) is 6.09. The quantitative estimate of drug-likeness (QED) is 0.523. The van der Waals surface area contributed by atoms with E-state index >= 15 is 0 Å². The summed E-state index contributed by atoms with van der Waals surface area (Å²) in [5.41, 5.74) is 3.31. The van der Waals surface area contributed by atoms with Crippen LogP contribution in [0.3, 0.4) is 0 Å². The predicted octanol–water partition coefficient (Wildman–Crippen LogP) is 2.45. The van der Waals surface area contributed by atoms with Gasteiger partial charge in [0.1, 0.15) is 29.0 Å². The van der Waals surface area contributed by atoms with Gasteiger partial charge in [-0.3, -0.25) is 9.78 Å². The van der Waals surface area contributed by atoms with Crippen molar-refractivity contribution in [3.63, 3.8) is 0 Å². The SMILES string of the molecule is Fc1ccccc1Cn1nc(-c2ncc3[nH]nnc3n2)cc1-c1ccon1. The number of H-pyrrole nitrogens is 1. The molecule has 4 heterocycles. The molecule has 5 aromatic rings. The summed E-state index contributed by atoms with van der Waals surface area (Å²) in [5.74, 6) is 0.0781. The van der Waals surface area contributed by atoms with Gasteiger partial charge in [-0.2, -0.15) is 5.10 Å². The summed E-state index contributed by atoms with van der Waals surface area (Å²) in [6.45, 7) is 0.223. The second-order valence-corrected chi connectivity index (χ2v) is 5.79. The Morgan fingerprint density at radius 3 is 2.93 bits per heavy atom. The van der Waals surface area contributed by atoms with Crippen LogP contribution in [0.4, 0.5) is 4.39 Å². The molecular weight excluding hydrogens is 351 g/mol. The molecule has 0 saturated carbocycles. The average molecular weight is 362 g/mol. The van der Waals surface area contributed by atoms with Gasteiger partial charge in [-0.1, -0.05) is 28.6 Å². The van der Waals surface area contributed by atoms with Gasteiger partial charge in [-0.25, -0.2) is 14.4 Å². The van der Waals surface area contributed by atoms with E-state index in [1.807, 2.05) is 0 Å². The molecule has 1 aromatic carbocycles. The Bertz CT molecular complexity index is 1230. The molecule has 9 nitrogen and oxygen atoms in total. The largest absolute Gasteiger partial charge is 0.364 e. The van der Waals surface area contributed by atoms with Crippen molar-refractivity contribution in [2.45, 2.75) is 6.54 Å². The smallest absolute Gasteiger partial charge is 0.205 e. The molecule has 0 atom stereocenters. The van der Waals surface area contributed by atoms with Crippen LogP contribution < -0.4 is 0 Å². The van der Waals surface area contributed by atoms with E-state index in [9.17, 15) is 4.39 Å². The Morgan fingerprint density at radius 2 is 2.07 bits per heavy atom. The molecule has 0 bridgehead atoms. The monoisotopic (exact) mass is 362 g/mol. The highest BCUT2D eigenvalue weighted by Gasteiger charge is 2.17. The highest BCUT2D eigenvalue weighted by molar-refractivity contribution is 5.71. The number of rotatable bonds is 4. The van der Waals surface area contributed by atoms with Crippen LogP contribution in [-0.2, 0) is 6.54 Å². The summed E-state index contributed by atoms with van der Waals surface area (Å²) in [7, 11) is 0. The van der Waals surface area contributed by atoms with Crippen molar-refractivity contribution in [3.8, 4) is 22.9 Å². The number of nitrogens with one attached hydrogen (secondary N) is 1. The lowest BCUT2D eigenvalue weighted by molar-refractivity contribution is 0.421. The summed E-state index contributed by atoms with van der Waals surface area (Å²) in [6.07, 6.45) is 3.05. The lowest BCUT2D eigenvalue weighted by atomic mass is 10.2. The number of benzene rings is 1. The third-order valence-electron chi connectivity index (χ3n) is 4.07. The van der Waals surface area contributed by atoms with Gasteiger partial charge in [0.05, 0.1) is 18.4 Å². The van der Waals surface area contributed by atoms with E-state index in [2.05, 4.69) is 35.6 Å². The molecule has 0 aliphatic carbocycles. The maximum atomic E-state index is 14.1. The highest BCUT2D eigenvalue weighted by atomic mass is 19.1. The number of aromatic amines is 1. The van der Waals surface area contributed by atoms with Crippen molar-refractivity contribution < 1.29 is 8.91 Å². The number of fused-ring (bicyclic) bond motifs is 1. The van der Waals surface area contributed by atoms with E-state index in [0.717, 1.165) is 0 Å². The Balaban J connectivity index is 1.62. The first-order chi connectivity index (χ1) is 13.3. The molecule has 0 fully saturated rings. The first kappa shape index (κ1) is 15.3. The van der Waals surface area contributed by atoms with E-state index in [-0.39, 0.29) is 12.4 Å². The van der Waals surface area contributed by atoms with Crippen molar-refractivity contribution in [1.82, 2.24) is 40.3 Å². The van der Waals surface area contributed by atoms with Crippen molar-refractivity contribution in [2.24, 2.45) is 0 Å². The van der Waals surface area contributed by atoms with Crippen LogP contribution in [0.5, 0.6) is 0 Å².